The lowest BCUT2D eigenvalue weighted by molar-refractivity contribution is -0.127. The Morgan fingerprint density at radius 3 is 2.47 bits per heavy atom. The molecule has 88 valence electrons. The third-order valence-electron chi connectivity index (χ3n) is 3.60. The largest absolute Gasteiger partial charge is 0.299 e. The van der Waals surface area contributed by atoms with Crippen LogP contribution in [0.2, 0.25) is 0 Å². The van der Waals surface area contributed by atoms with Crippen LogP contribution >= 0.6 is 0 Å². The van der Waals surface area contributed by atoms with Crippen LogP contribution in [-0.2, 0) is 4.79 Å². The molecule has 2 unspecified atom stereocenters. The minimum Gasteiger partial charge on any atom is -0.299 e. The van der Waals surface area contributed by atoms with Gasteiger partial charge in [-0.1, -0.05) is 27.7 Å². The van der Waals surface area contributed by atoms with Gasteiger partial charge in [0, 0.05) is 24.9 Å². The van der Waals surface area contributed by atoms with E-state index in [2.05, 4.69) is 39.5 Å². The van der Waals surface area contributed by atoms with Crippen molar-refractivity contribution in [1.29, 1.82) is 0 Å². The Kier molecular flexibility index (Phi) is 3.93. The Morgan fingerprint density at radius 2 is 1.93 bits per heavy atom. The van der Waals surface area contributed by atoms with Gasteiger partial charge in [0.05, 0.1) is 0 Å². The molecule has 1 heterocycles. The quantitative estimate of drug-likeness (QED) is 0.700. The predicted molar refractivity (Wildman–Crippen MR) is 63.9 cm³/mol. The lowest BCUT2D eigenvalue weighted by Crippen LogP contribution is -2.47. The fraction of sp³-hybridized carbons (Fsp3) is 0.923. The van der Waals surface area contributed by atoms with Crippen LogP contribution in [0.4, 0.5) is 0 Å². The highest BCUT2D eigenvalue weighted by Crippen LogP contribution is 2.24. The summed E-state index contributed by atoms with van der Waals surface area (Å²) in [6.45, 7) is 13.2. The molecule has 1 saturated heterocycles. The minimum absolute atomic E-state index is 0.221. The molecule has 0 N–H and O–H groups in total. The number of carbonyl (C=O) groups is 1. The summed E-state index contributed by atoms with van der Waals surface area (Å²) >= 11 is 0. The summed E-state index contributed by atoms with van der Waals surface area (Å²) in [5, 5.41) is 0. The van der Waals surface area contributed by atoms with Gasteiger partial charge in [-0.2, -0.15) is 0 Å². The zero-order valence-electron chi connectivity index (χ0n) is 10.8. The summed E-state index contributed by atoms with van der Waals surface area (Å²) in [6, 6.07) is 0.425. The monoisotopic (exact) mass is 211 g/mol. The number of ketones is 1. The lowest BCUT2D eigenvalue weighted by Gasteiger charge is -2.38. The fourth-order valence-corrected chi connectivity index (χ4v) is 2.06. The van der Waals surface area contributed by atoms with Gasteiger partial charge in [-0.05, 0) is 25.3 Å². The molecule has 15 heavy (non-hydrogen) atoms. The van der Waals surface area contributed by atoms with Crippen molar-refractivity contribution < 1.29 is 4.79 Å². The highest BCUT2D eigenvalue weighted by atomic mass is 16.1. The number of carbonyl (C=O) groups excluding carboxylic acids is 1. The van der Waals surface area contributed by atoms with E-state index in [1.165, 1.54) is 6.42 Å². The first-order valence-corrected chi connectivity index (χ1v) is 6.08. The van der Waals surface area contributed by atoms with Gasteiger partial charge < -0.3 is 0 Å². The highest BCUT2D eigenvalue weighted by molar-refractivity contribution is 5.82. The molecule has 0 aromatic carbocycles. The van der Waals surface area contributed by atoms with Gasteiger partial charge in [0.2, 0.25) is 0 Å². The third kappa shape index (κ3) is 3.60. The molecule has 2 heteroatoms. The first kappa shape index (κ1) is 12.7. The Bertz CT molecular complexity index is 229. The van der Waals surface area contributed by atoms with Gasteiger partial charge in [0.1, 0.15) is 5.78 Å². The number of hydrogen-bond donors (Lipinski definition) is 0. The average molecular weight is 211 g/mol. The summed E-state index contributed by atoms with van der Waals surface area (Å²) in [5.41, 5.74) is 0.393. The van der Waals surface area contributed by atoms with Gasteiger partial charge >= 0.3 is 0 Å². The van der Waals surface area contributed by atoms with E-state index in [0.29, 0.717) is 17.2 Å². The van der Waals surface area contributed by atoms with Crippen molar-refractivity contribution in [2.24, 2.45) is 11.3 Å². The standard InChI is InChI=1S/C13H25NO/c1-10-11(2)14(8-6-12(10)15)9-7-13(3,4)5/h10-11H,6-9H2,1-5H3. The van der Waals surface area contributed by atoms with Crippen LogP contribution in [-0.4, -0.2) is 29.8 Å². The molecular formula is C13H25NO. The number of piperidine rings is 1. The number of likely N-dealkylation sites (tertiary alicyclic amines) is 1. The van der Waals surface area contributed by atoms with Gasteiger partial charge in [-0.3, -0.25) is 9.69 Å². The lowest BCUT2D eigenvalue weighted by atomic mass is 9.88. The van der Waals surface area contributed by atoms with E-state index in [1.54, 1.807) is 0 Å². The van der Waals surface area contributed by atoms with Crippen molar-refractivity contribution in [3.8, 4) is 0 Å². The van der Waals surface area contributed by atoms with E-state index < -0.39 is 0 Å². The van der Waals surface area contributed by atoms with Crippen molar-refractivity contribution >= 4 is 5.78 Å². The van der Waals surface area contributed by atoms with Crippen LogP contribution in [0.3, 0.4) is 0 Å². The fourth-order valence-electron chi connectivity index (χ4n) is 2.06. The molecule has 0 spiro atoms. The Morgan fingerprint density at radius 1 is 1.33 bits per heavy atom. The number of nitrogens with zero attached hydrogens (tertiary/aromatic N) is 1. The van der Waals surface area contributed by atoms with Crippen LogP contribution in [0.15, 0.2) is 0 Å². The van der Waals surface area contributed by atoms with Gasteiger partial charge in [0.25, 0.3) is 0 Å². The summed E-state index contributed by atoms with van der Waals surface area (Å²) in [5.74, 6) is 0.660. The molecular weight excluding hydrogens is 186 g/mol. The minimum atomic E-state index is 0.221. The second-order valence-electron chi connectivity index (χ2n) is 6.09. The Balaban J connectivity index is 2.46. The third-order valence-corrected chi connectivity index (χ3v) is 3.60. The molecule has 1 rings (SSSR count). The normalized spacial score (nSPS) is 29.5. The number of Topliss-reactive ketones (excluding diaryl/α,β-unsaturated/α-hetero) is 1. The van der Waals surface area contributed by atoms with E-state index in [1.807, 2.05) is 0 Å². The van der Waals surface area contributed by atoms with Crippen molar-refractivity contribution in [1.82, 2.24) is 4.90 Å². The van der Waals surface area contributed by atoms with Gasteiger partial charge in [-0.25, -0.2) is 0 Å². The van der Waals surface area contributed by atoms with Crippen LogP contribution < -0.4 is 0 Å². The maximum atomic E-state index is 11.5. The van der Waals surface area contributed by atoms with E-state index >= 15 is 0 Å². The molecule has 0 aliphatic carbocycles. The number of rotatable bonds is 2. The zero-order chi connectivity index (χ0) is 11.6. The summed E-state index contributed by atoms with van der Waals surface area (Å²) in [4.78, 5) is 14.0. The molecule has 0 aromatic rings. The summed E-state index contributed by atoms with van der Waals surface area (Å²) in [6.07, 6.45) is 1.95. The molecule has 1 fully saturated rings. The van der Waals surface area contributed by atoms with Crippen molar-refractivity contribution in [3.05, 3.63) is 0 Å². The van der Waals surface area contributed by atoms with Gasteiger partial charge in [-0.15, -0.1) is 0 Å². The first-order chi connectivity index (χ1) is 6.81. The molecule has 1 aliphatic rings. The highest BCUT2D eigenvalue weighted by Gasteiger charge is 2.30. The van der Waals surface area contributed by atoms with Gasteiger partial charge in [0.15, 0.2) is 0 Å². The molecule has 2 nitrogen and oxygen atoms in total. The van der Waals surface area contributed by atoms with E-state index in [0.717, 1.165) is 19.5 Å². The second kappa shape index (κ2) is 4.65. The molecule has 1 aliphatic heterocycles. The molecule has 0 saturated carbocycles. The topological polar surface area (TPSA) is 20.3 Å². The summed E-state index contributed by atoms with van der Waals surface area (Å²) in [7, 11) is 0. The molecule has 0 radical (unpaired) electrons. The van der Waals surface area contributed by atoms with Crippen molar-refractivity contribution in [2.45, 2.75) is 53.5 Å². The Hall–Kier alpha value is -0.370. The summed E-state index contributed by atoms with van der Waals surface area (Å²) < 4.78 is 0. The smallest absolute Gasteiger partial charge is 0.138 e. The average Bonchev–Trinajstić information content (AvgIpc) is 2.12. The molecule has 0 amide bonds. The maximum absolute atomic E-state index is 11.5. The maximum Gasteiger partial charge on any atom is 0.138 e. The van der Waals surface area contributed by atoms with Crippen molar-refractivity contribution in [3.63, 3.8) is 0 Å². The van der Waals surface area contributed by atoms with E-state index in [4.69, 9.17) is 0 Å². The van der Waals surface area contributed by atoms with Crippen LogP contribution in [0.1, 0.15) is 47.5 Å². The molecule has 0 bridgehead atoms. The zero-order valence-corrected chi connectivity index (χ0v) is 10.8. The van der Waals surface area contributed by atoms with E-state index in [-0.39, 0.29) is 5.92 Å². The van der Waals surface area contributed by atoms with Crippen LogP contribution in [0, 0.1) is 11.3 Å². The molecule has 0 aromatic heterocycles. The number of hydrogen-bond acceptors (Lipinski definition) is 2. The van der Waals surface area contributed by atoms with Crippen LogP contribution in [0.25, 0.3) is 0 Å². The Labute approximate surface area is 94.0 Å². The first-order valence-electron chi connectivity index (χ1n) is 6.08. The predicted octanol–water partition coefficient (Wildman–Crippen LogP) is 2.72. The second-order valence-corrected chi connectivity index (χ2v) is 6.09. The molecule has 2 atom stereocenters. The van der Waals surface area contributed by atoms with E-state index in [9.17, 15) is 4.79 Å². The SMILES string of the molecule is CC1C(=O)CCN(CCC(C)(C)C)C1C. The van der Waals surface area contributed by atoms with Crippen LogP contribution in [0.5, 0.6) is 0 Å². The van der Waals surface area contributed by atoms with Crippen molar-refractivity contribution in [2.75, 3.05) is 13.1 Å².